The Morgan fingerprint density at radius 1 is 1.47 bits per heavy atom. The molecule has 0 amide bonds. The average Bonchev–Trinajstić information content (AvgIpc) is 2.32. The van der Waals surface area contributed by atoms with E-state index < -0.39 is 0 Å². The summed E-state index contributed by atoms with van der Waals surface area (Å²) in [6.45, 7) is 2.09. The summed E-state index contributed by atoms with van der Waals surface area (Å²) < 4.78 is 0. The van der Waals surface area contributed by atoms with E-state index in [-0.39, 0.29) is 0 Å². The number of hydrogen-bond acceptors (Lipinski definition) is 3. The molecule has 1 atom stereocenters. The lowest BCUT2D eigenvalue weighted by Crippen LogP contribution is -2.26. The summed E-state index contributed by atoms with van der Waals surface area (Å²) in [4.78, 5) is 4.10. The van der Waals surface area contributed by atoms with E-state index in [0.717, 1.165) is 18.3 Å². The Morgan fingerprint density at radius 3 is 3.20 bits per heavy atom. The zero-order valence-corrected chi connectivity index (χ0v) is 9.80. The average molecular weight is 222 g/mol. The van der Waals surface area contributed by atoms with Crippen LogP contribution in [0, 0.1) is 0 Å². The minimum atomic E-state index is 0.829. The smallest absolute Gasteiger partial charge is 0.0312 e. The summed E-state index contributed by atoms with van der Waals surface area (Å²) in [7, 11) is 0. The van der Waals surface area contributed by atoms with Gasteiger partial charge in [-0.05, 0) is 30.2 Å². The summed E-state index contributed by atoms with van der Waals surface area (Å²) in [5.41, 5.74) is 1.28. The number of aromatic nitrogens is 1. The van der Waals surface area contributed by atoms with E-state index in [1.54, 1.807) is 0 Å². The Morgan fingerprint density at radius 2 is 2.47 bits per heavy atom. The molecule has 0 bridgehead atoms. The van der Waals surface area contributed by atoms with Crippen LogP contribution in [-0.2, 0) is 6.54 Å². The van der Waals surface area contributed by atoms with Crippen molar-refractivity contribution in [2.75, 3.05) is 12.3 Å². The third-order valence-electron chi connectivity index (χ3n) is 2.70. The fourth-order valence-electron chi connectivity index (χ4n) is 1.85. The zero-order valence-electron chi connectivity index (χ0n) is 8.98. The third-order valence-corrected chi connectivity index (χ3v) is 4.10. The first-order valence-corrected chi connectivity index (χ1v) is 6.71. The zero-order chi connectivity index (χ0) is 10.3. The number of rotatable bonds is 4. The SMILES string of the molecule is c1cncc(CNCC2CCCCS2)c1. The molecule has 3 heteroatoms. The molecule has 1 aromatic heterocycles. The molecule has 0 spiro atoms. The Hall–Kier alpha value is -0.540. The summed E-state index contributed by atoms with van der Waals surface area (Å²) >= 11 is 2.12. The van der Waals surface area contributed by atoms with Gasteiger partial charge >= 0.3 is 0 Å². The predicted octanol–water partition coefficient (Wildman–Crippen LogP) is 2.46. The first-order valence-electron chi connectivity index (χ1n) is 5.66. The van der Waals surface area contributed by atoms with Gasteiger partial charge in [0.05, 0.1) is 0 Å². The molecule has 1 fully saturated rings. The molecule has 82 valence electrons. The Labute approximate surface area is 95.9 Å². The highest BCUT2D eigenvalue weighted by Gasteiger charge is 2.12. The molecule has 1 aromatic rings. The number of nitrogens with one attached hydrogen (secondary N) is 1. The van der Waals surface area contributed by atoms with Crippen LogP contribution in [0.5, 0.6) is 0 Å². The van der Waals surface area contributed by atoms with Crippen LogP contribution in [0.3, 0.4) is 0 Å². The Kier molecular flexibility index (Phi) is 4.48. The molecule has 1 unspecified atom stereocenters. The van der Waals surface area contributed by atoms with Crippen LogP contribution >= 0.6 is 11.8 Å². The van der Waals surface area contributed by atoms with E-state index in [1.807, 2.05) is 18.5 Å². The highest BCUT2D eigenvalue weighted by Crippen LogP contribution is 2.24. The van der Waals surface area contributed by atoms with Gasteiger partial charge in [-0.1, -0.05) is 12.5 Å². The first-order chi connectivity index (χ1) is 7.45. The van der Waals surface area contributed by atoms with Gasteiger partial charge < -0.3 is 5.32 Å². The number of thioether (sulfide) groups is 1. The molecule has 0 aliphatic carbocycles. The lowest BCUT2D eigenvalue weighted by atomic mass is 10.2. The highest BCUT2D eigenvalue weighted by atomic mass is 32.2. The monoisotopic (exact) mass is 222 g/mol. The highest BCUT2D eigenvalue weighted by molar-refractivity contribution is 7.99. The van der Waals surface area contributed by atoms with Crippen molar-refractivity contribution in [3.05, 3.63) is 30.1 Å². The van der Waals surface area contributed by atoms with Crippen molar-refractivity contribution in [3.8, 4) is 0 Å². The molecular formula is C12H18N2S. The summed E-state index contributed by atoms with van der Waals surface area (Å²) in [6.07, 6.45) is 7.95. The minimum absolute atomic E-state index is 0.829. The van der Waals surface area contributed by atoms with Gasteiger partial charge in [-0.3, -0.25) is 4.98 Å². The van der Waals surface area contributed by atoms with Crippen LogP contribution in [0.4, 0.5) is 0 Å². The van der Waals surface area contributed by atoms with Crippen LogP contribution < -0.4 is 5.32 Å². The molecule has 1 saturated heterocycles. The first kappa shape index (κ1) is 11.0. The molecule has 0 aromatic carbocycles. The minimum Gasteiger partial charge on any atom is -0.312 e. The van der Waals surface area contributed by atoms with Gasteiger partial charge in [-0.25, -0.2) is 0 Å². The second-order valence-electron chi connectivity index (χ2n) is 3.98. The third kappa shape index (κ3) is 3.84. The normalized spacial score (nSPS) is 21.5. The molecule has 2 heterocycles. The molecule has 1 aliphatic heterocycles. The van der Waals surface area contributed by atoms with Gasteiger partial charge in [0.1, 0.15) is 0 Å². The predicted molar refractivity (Wildman–Crippen MR) is 66.0 cm³/mol. The number of hydrogen-bond donors (Lipinski definition) is 1. The van der Waals surface area contributed by atoms with Gasteiger partial charge in [0, 0.05) is 30.7 Å². The molecule has 0 radical (unpaired) electrons. The van der Waals surface area contributed by atoms with E-state index in [1.165, 1.54) is 30.6 Å². The standard InChI is InChI=1S/C12H18N2S/c1-2-7-15-12(5-1)10-14-9-11-4-3-6-13-8-11/h3-4,6,8,12,14H,1-2,5,7,9-10H2. The van der Waals surface area contributed by atoms with Crippen molar-refractivity contribution in [2.45, 2.75) is 31.1 Å². The van der Waals surface area contributed by atoms with Gasteiger partial charge in [0.2, 0.25) is 0 Å². The van der Waals surface area contributed by atoms with Gasteiger partial charge in [-0.15, -0.1) is 0 Å². The van der Waals surface area contributed by atoms with Crippen LogP contribution in [0.1, 0.15) is 24.8 Å². The van der Waals surface area contributed by atoms with Crippen molar-refractivity contribution in [1.29, 1.82) is 0 Å². The van der Waals surface area contributed by atoms with Gasteiger partial charge in [-0.2, -0.15) is 11.8 Å². The van der Waals surface area contributed by atoms with Crippen molar-refractivity contribution >= 4 is 11.8 Å². The van der Waals surface area contributed by atoms with Gasteiger partial charge in [0.25, 0.3) is 0 Å². The molecule has 1 aliphatic rings. The van der Waals surface area contributed by atoms with E-state index >= 15 is 0 Å². The van der Waals surface area contributed by atoms with E-state index in [9.17, 15) is 0 Å². The molecule has 15 heavy (non-hydrogen) atoms. The fraction of sp³-hybridized carbons (Fsp3) is 0.583. The maximum atomic E-state index is 4.10. The lowest BCUT2D eigenvalue weighted by molar-refractivity contribution is 0.597. The van der Waals surface area contributed by atoms with Crippen LogP contribution in [0.2, 0.25) is 0 Å². The molecule has 0 saturated carbocycles. The molecule has 1 N–H and O–H groups in total. The van der Waals surface area contributed by atoms with E-state index in [4.69, 9.17) is 0 Å². The van der Waals surface area contributed by atoms with Crippen LogP contribution in [-0.4, -0.2) is 22.5 Å². The maximum Gasteiger partial charge on any atom is 0.0312 e. The fourth-order valence-corrected chi connectivity index (χ4v) is 3.12. The quantitative estimate of drug-likeness (QED) is 0.847. The topological polar surface area (TPSA) is 24.9 Å². The number of pyridine rings is 1. The summed E-state index contributed by atoms with van der Waals surface area (Å²) in [5.74, 6) is 1.35. The van der Waals surface area contributed by atoms with Crippen LogP contribution in [0.15, 0.2) is 24.5 Å². The molecular weight excluding hydrogens is 204 g/mol. The maximum absolute atomic E-state index is 4.10. The Balaban J connectivity index is 1.66. The van der Waals surface area contributed by atoms with Gasteiger partial charge in [0.15, 0.2) is 0 Å². The molecule has 2 rings (SSSR count). The summed E-state index contributed by atoms with van der Waals surface area (Å²) in [5, 5.41) is 4.34. The van der Waals surface area contributed by atoms with E-state index in [2.05, 4.69) is 28.1 Å². The summed E-state index contributed by atoms with van der Waals surface area (Å²) in [6, 6.07) is 4.11. The van der Waals surface area contributed by atoms with Crippen molar-refractivity contribution < 1.29 is 0 Å². The van der Waals surface area contributed by atoms with Crippen molar-refractivity contribution in [3.63, 3.8) is 0 Å². The Bertz CT molecular complexity index is 270. The second kappa shape index (κ2) is 6.13. The van der Waals surface area contributed by atoms with Crippen molar-refractivity contribution in [1.82, 2.24) is 10.3 Å². The largest absolute Gasteiger partial charge is 0.312 e. The molecule has 2 nitrogen and oxygen atoms in total. The van der Waals surface area contributed by atoms with Crippen molar-refractivity contribution in [2.24, 2.45) is 0 Å². The lowest BCUT2D eigenvalue weighted by Gasteiger charge is -2.21. The number of nitrogens with zero attached hydrogens (tertiary/aromatic N) is 1. The van der Waals surface area contributed by atoms with Crippen LogP contribution in [0.25, 0.3) is 0 Å². The van der Waals surface area contributed by atoms with E-state index in [0.29, 0.717) is 0 Å². The second-order valence-corrected chi connectivity index (χ2v) is 5.39.